The first-order valence-electron chi connectivity index (χ1n) is 5.68. The lowest BCUT2D eigenvalue weighted by atomic mass is 10.2. The molecule has 0 amide bonds. The molecular weight excluding hydrogens is 272 g/mol. The number of hydrogen-bond donors (Lipinski definition) is 1. The fraction of sp³-hybridized carbons (Fsp3) is 0.500. The van der Waals surface area contributed by atoms with E-state index >= 15 is 0 Å². The molecule has 1 aromatic carbocycles. The van der Waals surface area contributed by atoms with Crippen molar-refractivity contribution >= 4 is 27.3 Å². The molecule has 6 heteroatoms. The third-order valence-electron chi connectivity index (χ3n) is 2.69. The zero-order valence-electron chi connectivity index (χ0n) is 11.1. The number of sulfonamides is 1. The van der Waals surface area contributed by atoms with E-state index in [0.717, 1.165) is 0 Å². The van der Waals surface area contributed by atoms with Crippen LogP contribution in [0.4, 0.5) is 5.69 Å². The van der Waals surface area contributed by atoms with Crippen molar-refractivity contribution in [1.29, 1.82) is 0 Å². The highest BCUT2D eigenvalue weighted by molar-refractivity contribution is 7.89. The van der Waals surface area contributed by atoms with Gasteiger partial charge in [-0.2, -0.15) is 0 Å². The van der Waals surface area contributed by atoms with E-state index in [1.54, 1.807) is 14.0 Å². The van der Waals surface area contributed by atoms with E-state index in [0.29, 0.717) is 22.8 Å². The maximum absolute atomic E-state index is 12.3. The Kier molecular flexibility index (Phi) is 4.64. The van der Waals surface area contributed by atoms with Crippen LogP contribution in [-0.4, -0.2) is 26.3 Å². The van der Waals surface area contributed by atoms with Gasteiger partial charge in [0.25, 0.3) is 0 Å². The van der Waals surface area contributed by atoms with E-state index in [4.69, 9.17) is 17.3 Å². The van der Waals surface area contributed by atoms with Crippen molar-refractivity contribution in [2.24, 2.45) is 5.92 Å². The van der Waals surface area contributed by atoms with Crippen LogP contribution >= 0.6 is 11.6 Å². The van der Waals surface area contributed by atoms with Gasteiger partial charge in [0.05, 0.1) is 4.90 Å². The standard InChI is InChI=1S/C12H19ClN2O2S/c1-8(2)7-15(4)18(16,17)10-5-11(13)9(3)12(14)6-10/h5-6,8H,7,14H2,1-4H3. The largest absolute Gasteiger partial charge is 0.398 e. The summed E-state index contributed by atoms with van der Waals surface area (Å²) < 4.78 is 25.9. The van der Waals surface area contributed by atoms with E-state index in [9.17, 15) is 8.42 Å². The fourth-order valence-corrected chi connectivity index (χ4v) is 3.30. The van der Waals surface area contributed by atoms with E-state index in [1.165, 1.54) is 16.4 Å². The Labute approximate surface area is 114 Å². The van der Waals surface area contributed by atoms with Crippen LogP contribution in [-0.2, 0) is 10.0 Å². The Morgan fingerprint density at radius 1 is 1.39 bits per heavy atom. The van der Waals surface area contributed by atoms with Crippen molar-refractivity contribution in [2.45, 2.75) is 25.7 Å². The molecule has 0 aromatic heterocycles. The summed E-state index contributed by atoms with van der Waals surface area (Å²) in [5, 5.41) is 0.367. The predicted molar refractivity (Wildman–Crippen MR) is 75.3 cm³/mol. The van der Waals surface area contributed by atoms with Crippen LogP contribution in [0.5, 0.6) is 0 Å². The van der Waals surface area contributed by atoms with E-state index in [1.807, 2.05) is 13.8 Å². The van der Waals surface area contributed by atoms with Gasteiger partial charge in [0.1, 0.15) is 0 Å². The molecule has 18 heavy (non-hydrogen) atoms. The lowest BCUT2D eigenvalue weighted by molar-refractivity contribution is 0.417. The molecule has 0 aliphatic carbocycles. The average Bonchev–Trinajstić information content (AvgIpc) is 2.24. The second kappa shape index (κ2) is 5.47. The van der Waals surface area contributed by atoms with Crippen molar-refractivity contribution in [3.63, 3.8) is 0 Å². The molecule has 1 aromatic rings. The summed E-state index contributed by atoms with van der Waals surface area (Å²) in [4.78, 5) is 0.138. The lowest BCUT2D eigenvalue weighted by Gasteiger charge is -2.20. The molecule has 102 valence electrons. The molecule has 0 atom stereocenters. The minimum atomic E-state index is -3.53. The molecule has 0 saturated heterocycles. The van der Waals surface area contributed by atoms with Crippen LogP contribution in [0.1, 0.15) is 19.4 Å². The van der Waals surface area contributed by atoms with Gasteiger partial charge in [-0.3, -0.25) is 0 Å². The molecule has 0 spiro atoms. The van der Waals surface area contributed by atoms with Gasteiger partial charge in [-0.25, -0.2) is 12.7 Å². The SMILES string of the molecule is Cc1c(N)cc(S(=O)(=O)N(C)CC(C)C)cc1Cl. The normalized spacial score (nSPS) is 12.4. The number of nitrogens with two attached hydrogens (primary N) is 1. The van der Waals surface area contributed by atoms with Gasteiger partial charge in [0, 0.05) is 24.3 Å². The highest BCUT2D eigenvalue weighted by Crippen LogP contribution is 2.27. The number of nitrogen functional groups attached to an aromatic ring is 1. The van der Waals surface area contributed by atoms with E-state index in [2.05, 4.69) is 0 Å². The first kappa shape index (κ1) is 15.3. The Balaban J connectivity index is 3.21. The van der Waals surface area contributed by atoms with Crippen LogP contribution in [0.15, 0.2) is 17.0 Å². The maximum atomic E-state index is 12.3. The van der Waals surface area contributed by atoms with Gasteiger partial charge < -0.3 is 5.73 Å². The highest BCUT2D eigenvalue weighted by atomic mass is 35.5. The smallest absolute Gasteiger partial charge is 0.242 e. The van der Waals surface area contributed by atoms with Gasteiger partial charge in [0.2, 0.25) is 10.0 Å². The molecule has 4 nitrogen and oxygen atoms in total. The summed E-state index contributed by atoms with van der Waals surface area (Å²) >= 11 is 5.97. The Bertz CT molecular complexity index is 518. The number of rotatable bonds is 4. The van der Waals surface area contributed by atoms with Crippen LogP contribution in [0.25, 0.3) is 0 Å². The van der Waals surface area contributed by atoms with Gasteiger partial charge in [-0.15, -0.1) is 0 Å². The monoisotopic (exact) mass is 290 g/mol. The topological polar surface area (TPSA) is 63.4 Å². The summed E-state index contributed by atoms with van der Waals surface area (Å²) in [6.07, 6.45) is 0. The molecule has 0 saturated carbocycles. The molecule has 0 fully saturated rings. The quantitative estimate of drug-likeness (QED) is 0.867. The number of halogens is 1. The molecule has 0 radical (unpaired) electrons. The molecule has 2 N–H and O–H groups in total. The second-order valence-corrected chi connectivity index (χ2v) is 7.25. The van der Waals surface area contributed by atoms with E-state index in [-0.39, 0.29) is 10.8 Å². The van der Waals surface area contributed by atoms with Crippen molar-refractivity contribution in [3.05, 3.63) is 22.7 Å². The molecule has 0 heterocycles. The molecule has 0 aliphatic heterocycles. The molecule has 0 bridgehead atoms. The Hall–Kier alpha value is -0.780. The molecule has 0 aliphatic rings. The van der Waals surface area contributed by atoms with Gasteiger partial charge in [-0.1, -0.05) is 25.4 Å². The minimum Gasteiger partial charge on any atom is -0.398 e. The zero-order chi connectivity index (χ0) is 14.1. The van der Waals surface area contributed by atoms with Gasteiger partial charge >= 0.3 is 0 Å². The van der Waals surface area contributed by atoms with E-state index < -0.39 is 10.0 Å². The minimum absolute atomic E-state index is 0.138. The summed E-state index contributed by atoms with van der Waals surface area (Å²) in [7, 11) is -1.97. The molecule has 0 unspecified atom stereocenters. The highest BCUT2D eigenvalue weighted by Gasteiger charge is 2.22. The Morgan fingerprint density at radius 2 is 1.94 bits per heavy atom. The van der Waals surface area contributed by atoms with Crippen molar-refractivity contribution in [1.82, 2.24) is 4.31 Å². The number of hydrogen-bond acceptors (Lipinski definition) is 3. The summed E-state index contributed by atoms with van der Waals surface area (Å²) in [6, 6.07) is 2.90. The first-order chi connectivity index (χ1) is 8.16. The molecular formula is C12H19ClN2O2S. The summed E-state index contributed by atoms with van der Waals surface area (Å²) in [6.45, 7) is 6.13. The lowest BCUT2D eigenvalue weighted by Crippen LogP contribution is -2.30. The van der Waals surface area contributed by atoms with Crippen LogP contribution in [0, 0.1) is 12.8 Å². The van der Waals surface area contributed by atoms with Crippen LogP contribution in [0.3, 0.4) is 0 Å². The predicted octanol–water partition coefficient (Wildman–Crippen LogP) is 2.51. The third kappa shape index (κ3) is 3.16. The number of benzene rings is 1. The van der Waals surface area contributed by atoms with Crippen molar-refractivity contribution < 1.29 is 8.42 Å². The van der Waals surface area contributed by atoms with Crippen molar-refractivity contribution in [2.75, 3.05) is 19.3 Å². The van der Waals surface area contributed by atoms with Gasteiger partial charge in [0.15, 0.2) is 0 Å². The maximum Gasteiger partial charge on any atom is 0.242 e. The summed E-state index contributed by atoms with van der Waals surface area (Å²) in [5.41, 5.74) is 6.84. The average molecular weight is 291 g/mol. The zero-order valence-corrected chi connectivity index (χ0v) is 12.6. The number of anilines is 1. The Morgan fingerprint density at radius 3 is 2.39 bits per heavy atom. The third-order valence-corrected chi connectivity index (χ3v) is 4.88. The van der Waals surface area contributed by atoms with Crippen LogP contribution in [0.2, 0.25) is 5.02 Å². The second-order valence-electron chi connectivity index (χ2n) is 4.80. The van der Waals surface area contributed by atoms with Crippen LogP contribution < -0.4 is 5.73 Å². The fourth-order valence-electron chi connectivity index (χ4n) is 1.62. The summed E-state index contributed by atoms with van der Waals surface area (Å²) in [5.74, 6) is 0.253. The van der Waals surface area contributed by atoms with Crippen molar-refractivity contribution in [3.8, 4) is 0 Å². The first-order valence-corrected chi connectivity index (χ1v) is 7.50. The molecule has 1 rings (SSSR count). The number of nitrogens with zero attached hydrogens (tertiary/aromatic N) is 1. The van der Waals surface area contributed by atoms with Gasteiger partial charge in [-0.05, 0) is 30.5 Å².